The maximum absolute atomic E-state index is 12.4. The van der Waals surface area contributed by atoms with Crippen molar-refractivity contribution in [1.29, 1.82) is 0 Å². The first-order chi connectivity index (χ1) is 16.5. The maximum atomic E-state index is 12.4. The molecular formula is C25H18ClN2O5S-. The fourth-order valence-electron chi connectivity index (χ4n) is 3.67. The summed E-state index contributed by atoms with van der Waals surface area (Å²) in [5, 5.41) is 13.1. The van der Waals surface area contributed by atoms with Crippen LogP contribution in [0.5, 0.6) is 17.2 Å². The molecular weight excluding hydrogens is 476 g/mol. The topological polar surface area (TPSA) is 85.6 Å². The standard InChI is InChI=1S/C25H19ClN2O5S/c1-31-17-7-9-18(10-8-17)34-24-22(25(29)30)28(23(27-24)15-5-3-2-4-6-15)13-16-11-20-21(12-19(16)26)33-14-32-20/h2-12H,13-14H2,1H3,(H,29,30)/p-1. The van der Waals surface area contributed by atoms with Crippen molar-refractivity contribution in [1.82, 2.24) is 9.55 Å². The number of nitrogens with zero attached hydrogens (tertiary/aromatic N) is 2. The largest absolute Gasteiger partial charge is 0.543 e. The Balaban J connectivity index is 1.62. The van der Waals surface area contributed by atoms with E-state index in [1.807, 2.05) is 54.6 Å². The molecule has 0 spiro atoms. The molecule has 3 aromatic carbocycles. The van der Waals surface area contributed by atoms with Crippen molar-refractivity contribution in [3.8, 4) is 28.6 Å². The molecule has 0 unspecified atom stereocenters. The van der Waals surface area contributed by atoms with E-state index in [0.29, 0.717) is 38.7 Å². The van der Waals surface area contributed by atoms with Gasteiger partial charge in [-0.05, 0) is 35.9 Å². The van der Waals surface area contributed by atoms with Crippen LogP contribution in [0.2, 0.25) is 5.02 Å². The van der Waals surface area contributed by atoms with E-state index in [1.54, 1.807) is 23.8 Å². The number of fused-ring (bicyclic) bond motifs is 1. The Morgan fingerprint density at radius 2 is 1.82 bits per heavy atom. The van der Waals surface area contributed by atoms with E-state index in [1.165, 1.54) is 11.8 Å². The Labute approximate surface area is 204 Å². The van der Waals surface area contributed by atoms with E-state index in [9.17, 15) is 9.90 Å². The van der Waals surface area contributed by atoms with E-state index >= 15 is 0 Å². The van der Waals surface area contributed by atoms with Gasteiger partial charge >= 0.3 is 0 Å². The third-order valence-electron chi connectivity index (χ3n) is 5.30. The van der Waals surface area contributed by atoms with Crippen molar-refractivity contribution in [3.63, 3.8) is 0 Å². The molecule has 1 aliphatic heterocycles. The lowest BCUT2D eigenvalue weighted by molar-refractivity contribution is -0.256. The van der Waals surface area contributed by atoms with Crippen LogP contribution in [-0.2, 0) is 6.54 Å². The minimum absolute atomic E-state index is 0.0339. The number of carbonyl (C=O) groups excluding carboxylic acids is 1. The second-order valence-electron chi connectivity index (χ2n) is 7.40. The Morgan fingerprint density at radius 3 is 2.50 bits per heavy atom. The third-order valence-corrected chi connectivity index (χ3v) is 6.64. The molecule has 0 N–H and O–H groups in total. The zero-order chi connectivity index (χ0) is 23.7. The quantitative estimate of drug-likeness (QED) is 0.374. The number of carbonyl (C=O) groups is 1. The lowest BCUT2D eigenvalue weighted by atomic mass is 10.1. The van der Waals surface area contributed by atoms with Crippen molar-refractivity contribution in [2.24, 2.45) is 0 Å². The average Bonchev–Trinajstić information content (AvgIpc) is 3.44. The summed E-state index contributed by atoms with van der Waals surface area (Å²) in [6, 6.07) is 20.1. The number of carboxylic acid groups (broad SMARTS) is 1. The Hall–Kier alpha value is -3.62. The summed E-state index contributed by atoms with van der Waals surface area (Å²) in [7, 11) is 1.59. The highest BCUT2D eigenvalue weighted by Crippen LogP contribution is 2.39. The highest BCUT2D eigenvalue weighted by atomic mass is 35.5. The molecule has 9 heteroatoms. The molecule has 5 rings (SSSR count). The molecule has 0 fully saturated rings. The number of rotatable bonds is 7. The summed E-state index contributed by atoms with van der Waals surface area (Å²) in [6.07, 6.45) is 0. The monoisotopic (exact) mass is 493 g/mol. The fourth-order valence-corrected chi connectivity index (χ4v) is 4.80. The normalized spacial score (nSPS) is 12.1. The van der Waals surface area contributed by atoms with E-state index in [4.69, 9.17) is 30.8 Å². The second-order valence-corrected chi connectivity index (χ2v) is 8.87. The number of hydrogen-bond acceptors (Lipinski definition) is 7. The average molecular weight is 494 g/mol. The van der Waals surface area contributed by atoms with Gasteiger partial charge in [0.25, 0.3) is 0 Å². The summed E-state index contributed by atoms with van der Waals surface area (Å²) in [5.41, 5.74) is 1.40. The van der Waals surface area contributed by atoms with Gasteiger partial charge in [-0.2, -0.15) is 0 Å². The highest BCUT2D eigenvalue weighted by Gasteiger charge is 2.23. The zero-order valence-electron chi connectivity index (χ0n) is 18.0. The van der Waals surface area contributed by atoms with E-state index in [2.05, 4.69) is 0 Å². The van der Waals surface area contributed by atoms with Crippen LogP contribution in [0.25, 0.3) is 11.4 Å². The number of benzene rings is 3. The molecule has 172 valence electrons. The molecule has 0 bridgehead atoms. The molecule has 0 atom stereocenters. The number of carboxylic acids is 1. The van der Waals surface area contributed by atoms with Gasteiger partial charge in [0.1, 0.15) is 16.6 Å². The van der Waals surface area contributed by atoms with Gasteiger partial charge < -0.3 is 28.7 Å². The van der Waals surface area contributed by atoms with Gasteiger partial charge in [-0.25, -0.2) is 4.98 Å². The van der Waals surface area contributed by atoms with Gasteiger partial charge in [0.05, 0.1) is 25.3 Å². The van der Waals surface area contributed by atoms with Crippen LogP contribution in [0.4, 0.5) is 0 Å². The van der Waals surface area contributed by atoms with Crippen LogP contribution in [0.3, 0.4) is 0 Å². The first kappa shape index (κ1) is 22.2. The highest BCUT2D eigenvalue weighted by molar-refractivity contribution is 7.99. The number of hydrogen-bond donors (Lipinski definition) is 0. The lowest BCUT2D eigenvalue weighted by Crippen LogP contribution is -2.26. The van der Waals surface area contributed by atoms with Crippen molar-refractivity contribution in [3.05, 3.63) is 83.0 Å². The number of imidazole rings is 1. The lowest BCUT2D eigenvalue weighted by Gasteiger charge is -2.15. The fraction of sp³-hybridized carbons (Fsp3) is 0.120. The zero-order valence-corrected chi connectivity index (χ0v) is 19.6. The van der Waals surface area contributed by atoms with Gasteiger partial charge in [0, 0.05) is 21.5 Å². The van der Waals surface area contributed by atoms with Crippen LogP contribution in [-0.4, -0.2) is 29.4 Å². The molecule has 7 nitrogen and oxygen atoms in total. The van der Waals surface area contributed by atoms with Crippen molar-refractivity contribution < 1.29 is 24.1 Å². The van der Waals surface area contributed by atoms with Gasteiger partial charge in [-0.15, -0.1) is 0 Å². The van der Waals surface area contributed by atoms with Gasteiger partial charge in [0.2, 0.25) is 6.79 Å². The molecule has 0 radical (unpaired) electrons. The van der Waals surface area contributed by atoms with E-state index in [-0.39, 0.29) is 19.0 Å². The molecule has 1 aromatic heterocycles. The molecule has 0 saturated carbocycles. The van der Waals surface area contributed by atoms with Crippen molar-refractivity contribution in [2.45, 2.75) is 16.5 Å². The van der Waals surface area contributed by atoms with Gasteiger partial charge in [0.15, 0.2) is 11.5 Å². The molecule has 1 aliphatic rings. The maximum Gasteiger partial charge on any atom is 0.231 e. The van der Waals surface area contributed by atoms with Crippen LogP contribution in [0, 0.1) is 0 Å². The minimum Gasteiger partial charge on any atom is -0.543 e. The molecule has 34 heavy (non-hydrogen) atoms. The smallest absolute Gasteiger partial charge is 0.231 e. The van der Waals surface area contributed by atoms with Crippen molar-refractivity contribution >= 4 is 29.3 Å². The summed E-state index contributed by atoms with van der Waals surface area (Å²) in [4.78, 5) is 17.9. The molecule has 2 heterocycles. The SMILES string of the molecule is COc1ccc(Sc2nc(-c3ccccc3)n(Cc3cc4c(cc3Cl)OCO4)c2C(=O)[O-])cc1. The summed E-state index contributed by atoms with van der Waals surface area (Å²) < 4.78 is 17.7. The Kier molecular flexibility index (Phi) is 6.08. The van der Waals surface area contributed by atoms with Crippen LogP contribution < -0.4 is 19.3 Å². The van der Waals surface area contributed by atoms with Gasteiger partial charge in [-0.1, -0.05) is 53.7 Å². The van der Waals surface area contributed by atoms with E-state index < -0.39 is 5.97 Å². The molecule has 4 aromatic rings. The van der Waals surface area contributed by atoms with Gasteiger partial charge in [-0.3, -0.25) is 0 Å². The predicted molar refractivity (Wildman–Crippen MR) is 126 cm³/mol. The predicted octanol–water partition coefficient (Wildman–Crippen LogP) is 4.50. The molecule has 0 saturated heterocycles. The number of aromatic nitrogens is 2. The van der Waals surface area contributed by atoms with Crippen LogP contribution in [0.15, 0.2) is 76.7 Å². The van der Waals surface area contributed by atoms with Crippen LogP contribution in [0.1, 0.15) is 16.1 Å². The molecule has 0 aliphatic carbocycles. The first-order valence-electron chi connectivity index (χ1n) is 10.3. The van der Waals surface area contributed by atoms with Crippen molar-refractivity contribution in [2.75, 3.05) is 13.9 Å². The molecule has 0 amide bonds. The number of aromatic carboxylic acids is 1. The Bertz CT molecular complexity index is 1360. The second kappa shape index (κ2) is 9.32. The van der Waals surface area contributed by atoms with E-state index in [0.717, 1.165) is 10.5 Å². The number of ether oxygens (including phenoxy) is 3. The number of methoxy groups -OCH3 is 1. The summed E-state index contributed by atoms with van der Waals surface area (Å²) in [5.74, 6) is 0.978. The summed E-state index contributed by atoms with van der Waals surface area (Å²) >= 11 is 7.74. The first-order valence-corrected chi connectivity index (χ1v) is 11.5. The summed E-state index contributed by atoms with van der Waals surface area (Å²) in [6.45, 7) is 0.265. The minimum atomic E-state index is -1.33. The van der Waals surface area contributed by atoms with Crippen LogP contribution >= 0.6 is 23.4 Å². The Morgan fingerprint density at radius 1 is 1.12 bits per heavy atom. The third kappa shape index (κ3) is 4.30. The number of halogens is 1.